The summed E-state index contributed by atoms with van der Waals surface area (Å²) in [5, 5.41) is 9.93. The Morgan fingerprint density at radius 1 is 0.973 bits per heavy atom. The number of allylic oxidation sites excluding steroid dienone is 2. The van der Waals surface area contributed by atoms with Crippen LogP contribution in [0.25, 0.3) is 0 Å². The van der Waals surface area contributed by atoms with Gasteiger partial charge in [0.25, 0.3) is 0 Å². The molecule has 0 aromatic carbocycles. The number of ether oxygens (including phenoxy) is 1. The summed E-state index contributed by atoms with van der Waals surface area (Å²) in [5.41, 5.74) is -0.630. The molecule has 4 fully saturated rings. The van der Waals surface area contributed by atoms with E-state index in [4.69, 9.17) is 4.74 Å². The van der Waals surface area contributed by atoms with Gasteiger partial charge in [0.05, 0.1) is 18.6 Å². The number of nitrogens with zero attached hydrogens (tertiary/aromatic N) is 1. The average molecular weight is 508 g/mol. The van der Waals surface area contributed by atoms with Crippen molar-refractivity contribution >= 4 is 17.5 Å². The number of nitriles is 1. The Balaban J connectivity index is 1.63. The Hall–Kier alpha value is -1.96. The molecule has 5 nitrogen and oxygen atoms in total. The lowest BCUT2D eigenvalue weighted by atomic mass is 9.33. The second kappa shape index (κ2) is 7.80. The highest BCUT2D eigenvalue weighted by molar-refractivity contribution is 5.97. The maximum absolute atomic E-state index is 14.4. The lowest BCUT2D eigenvalue weighted by Crippen LogP contribution is -2.67. The molecule has 0 spiro atoms. The molecule has 202 valence electrons. The molecular weight excluding hydrogens is 462 g/mol. The van der Waals surface area contributed by atoms with Gasteiger partial charge in [-0.25, -0.2) is 0 Å². The number of rotatable bonds is 1. The molecule has 0 radical (unpaired) electrons. The van der Waals surface area contributed by atoms with Crippen molar-refractivity contribution in [3.8, 4) is 6.07 Å². The van der Waals surface area contributed by atoms with Gasteiger partial charge in [-0.2, -0.15) is 5.26 Å². The lowest BCUT2D eigenvalue weighted by molar-refractivity contribution is -0.191. The molecule has 0 aromatic rings. The highest BCUT2D eigenvalue weighted by Crippen LogP contribution is 2.75. The summed E-state index contributed by atoms with van der Waals surface area (Å²) in [6.07, 6.45) is 8.90. The van der Waals surface area contributed by atoms with Crippen molar-refractivity contribution in [1.82, 2.24) is 0 Å². The highest BCUT2D eigenvalue weighted by atomic mass is 16.5. The van der Waals surface area contributed by atoms with E-state index in [0.29, 0.717) is 6.42 Å². The second-order valence-electron chi connectivity index (χ2n) is 15.2. The van der Waals surface area contributed by atoms with Crippen LogP contribution in [0.15, 0.2) is 11.6 Å². The lowest BCUT2D eigenvalue weighted by Gasteiger charge is -2.70. The van der Waals surface area contributed by atoms with Crippen LogP contribution in [0.1, 0.15) is 99.8 Å². The molecule has 0 N–H and O–H groups in total. The largest absolute Gasteiger partial charge is 0.469 e. The molecule has 0 aliphatic heterocycles. The summed E-state index contributed by atoms with van der Waals surface area (Å²) >= 11 is 0. The number of hydrogen-bond donors (Lipinski definition) is 0. The quantitative estimate of drug-likeness (QED) is 0.380. The zero-order chi connectivity index (χ0) is 27.4. The predicted octanol–water partition coefficient (Wildman–Crippen LogP) is 6.46. The first-order valence-electron chi connectivity index (χ1n) is 14.3. The van der Waals surface area contributed by atoms with E-state index in [1.54, 1.807) is 0 Å². The molecule has 0 aromatic heterocycles. The van der Waals surface area contributed by atoms with Crippen LogP contribution in [-0.4, -0.2) is 24.6 Å². The van der Waals surface area contributed by atoms with Crippen molar-refractivity contribution in [2.75, 3.05) is 7.11 Å². The number of fused-ring (bicyclic) bond motifs is 7. The monoisotopic (exact) mass is 507 g/mol. The maximum Gasteiger partial charge on any atom is 0.311 e. The molecule has 0 amide bonds. The van der Waals surface area contributed by atoms with Gasteiger partial charge in [-0.3, -0.25) is 14.4 Å². The van der Waals surface area contributed by atoms with E-state index in [1.165, 1.54) is 12.7 Å². The predicted molar refractivity (Wildman–Crippen MR) is 141 cm³/mol. The molecule has 0 bridgehead atoms. The smallest absolute Gasteiger partial charge is 0.311 e. The number of Topliss-reactive ketones (excluding diaryl/α,β-unsaturated/α-hetero) is 1. The van der Waals surface area contributed by atoms with E-state index in [9.17, 15) is 19.6 Å². The van der Waals surface area contributed by atoms with Gasteiger partial charge in [0.1, 0.15) is 5.92 Å². The molecule has 5 aliphatic carbocycles. The molecule has 9 atom stereocenters. The molecule has 3 unspecified atom stereocenters. The number of esters is 1. The summed E-state index contributed by atoms with van der Waals surface area (Å²) < 4.78 is 5.24. The van der Waals surface area contributed by atoms with Gasteiger partial charge in [-0.15, -0.1) is 0 Å². The van der Waals surface area contributed by atoms with Crippen LogP contribution in [0.5, 0.6) is 0 Å². The average Bonchev–Trinajstić information content (AvgIpc) is 2.83. The molecule has 0 heterocycles. The standard InChI is InChI=1S/C32H45NO4/c1-27(2)23-9-10-32(7)24(30(23,5)16-19(18-33)25(27)35)22(34)15-20-21-17-29(4,26(36)37-8)12-11-28(21,3)13-14-31(20,32)6/h15,19,21,23-24H,9-14,16-17H2,1-8H3/t19?,21-,23?,24-,28-,29?,30+,31-,32-/m1/s1. The summed E-state index contributed by atoms with van der Waals surface area (Å²) in [5.74, 6) is -0.521. The normalized spacial score (nSPS) is 50.4. The fourth-order valence-electron chi connectivity index (χ4n) is 10.7. The molecule has 5 rings (SSSR count). The van der Waals surface area contributed by atoms with Crippen LogP contribution in [0.3, 0.4) is 0 Å². The van der Waals surface area contributed by atoms with Gasteiger partial charge < -0.3 is 4.74 Å². The molecular formula is C32H45NO4. The fourth-order valence-corrected chi connectivity index (χ4v) is 10.7. The van der Waals surface area contributed by atoms with E-state index in [1.807, 2.05) is 26.8 Å². The minimum absolute atomic E-state index is 0.0458. The topological polar surface area (TPSA) is 84.2 Å². The van der Waals surface area contributed by atoms with Crippen LogP contribution in [0, 0.1) is 67.5 Å². The molecule has 37 heavy (non-hydrogen) atoms. The van der Waals surface area contributed by atoms with Crippen molar-refractivity contribution < 1.29 is 19.1 Å². The Morgan fingerprint density at radius 2 is 1.62 bits per heavy atom. The van der Waals surface area contributed by atoms with Gasteiger partial charge >= 0.3 is 5.97 Å². The van der Waals surface area contributed by atoms with Gasteiger partial charge in [0.2, 0.25) is 0 Å². The zero-order valence-corrected chi connectivity index (χ0v) is 24.1. The Bertz CT molecular complexity index is 1150. The van der Waals surface area contributed by atoms with Crippen molar-refractivity contribution in [3.63, 3.8) is 0 Å². The van der Waals surface area contributed by atoms with Crippen molar-refractivity contribution in [2.24, 2.45) is 56.2 Å². The summed E-state index contributed by atoms with van der Waals surface area (Å²) in [4.78, 5) is 40.5. The Morgan fingerprint density at radius 3 is 2.24 bits per heavy atom. The molecule has 5 heteroatoms. The van der Waals surface area contributed by atoms with Crippen molar-refractivity contribution in [3.05, 3.63) is 11.6 Å². The SMILES string of the molecule is COC(=O)C1(C)CC[C@]2(C)CC[C@]3(C)C(=CC(=O)[C@@H]4[C@@]5(C)CC(C#N)C(=O)C(C)(C)C5CC[C@]43C)[C@H]2C1. The summed E-state index contributed by atoms with van der Waals surface area (Å²) in [6.45, 7) is 15.3. The molecule has 5 aliphatic rings. The zero-order valence-electron chi connectivity index (χ0n) is 24.1. The maximum atomic E-state index is 14.4. The van der Waals surface area contributed by atoms with E-state index in [2.05, 4.69) is 33.8 Å². The second-order valence-corrected chi connectivity index (χ2v) is 15.2. The number of hydrogen-bond acceptors (Lipinski definition) is 5. The minimum atomic E-state index is -0.654. The Labute approximate surface area is 222 Å². The van der Waals surface area contributed by atoms with E-state index in [-0.39, 0.29) is 51.5 Å². The first kappa shape index (κ1) is 26.6. The van der Waals surface area contributed by atoms with Crippen LogP contribution < -0.4 is 0 Å². The number of carbonyl (C=O) groups is 3. The highest BCUT2D eigenvalue weighted by Gasteiger charge is 2.71. The number of methoxy groups -OCH3 is 1. The van der Waals surface area contributed by atoms with Crippen LogP contribution in [0.2, 0.25) is 0 Å². The van der Waals surface area contributed by atoms with Gasteiger partial charge in [-0.1, -0.05) is 47.1 Å². The first-order valence-corrected chi connectivity index (χ1v) is 14.3. The van der Waals surface area contributed by atoms with Crippen LogP contribution in [0.4, 0.5) is 0 Å². The Kier molecular flexibility index (Phi) is 5.61. The van der Waals surface area contributed by atoms with Crippen LogP contribution >= 0.6 is 0 Å². The van der Waals surface area contributed by atoms with Crippen molar-refractivity contribution in [2.45, 2.75) is 99.8 Å². The van der Waals surface area contributed by atoms with Gasteiger partial charge in [0.15, 0.2) is 11.6 Å². The van der Waals surface area contributed by atoms with E-state index >= 15 is 0 Å². The minimum Gasteiger partial charge on any atom is -0.469 e. The third kappa shape index (κ3) is 3.17. The van der Waals surface area contributed by atoms with E-state index < -0.39 is 22.2 Å². The fraction of sp³-hybridized carbons (Fsp3) is 0.812. The third-order valence-electron chi connectivity index (χ3n) is 13.1. The summed E-state index contributed by atoms with van der Waals surface area (Å²) in [7, 11) is 1.48. The number of ketones is 2. The summed E-state index contributed by atoms with van der Waals surface area (Å²) in [6, 6.07) is 2.30. The van der Waals surface area contributed by atoms with Gasteiger partial charge in [-0.05, 0) is 97.9 Å². The first-order chi connectivity index (χ1) is 17.0. The van der Waals surface area contributed by atoms with Gasteiger partial charge in [0, 0.05) is 11.3 Å². The third-order valence-corrected chi connectivity index (χ3v) is 13.1. The number of carbonyl (C=O) groups excluding carboxylic acids is 3. The van der Waals surface area contributed by atoms with E-state index in [0.717, 1.165) is 44.9 Å². The molecule has 0 saturated heterocycles. The van der Waals surface area contributed by atoms with Crippen LogP contribution in [-0.2, 0) is 19.1 Å². The molecule has 4 saturated carbocycles. The van der Waals surface area contributed by atoms with Crippen molar-refractivity contribution in [1.29, 1.82) is 5.26 Å².